The van der Waals surface area contributed by atoms with Gasteiger partial charge in [-0.3, -0.25) is 4.79 Å². The Labute approximate surface area is 137 Å². The summed E-state index contributed by atoms with van der Waals surface area (Å²) in [4.78, 5) is 24.9. The molecular formula is C16H17NO3S2. The van der Waals surface area contributed by atoms with E-state index in [1.807, 2.05) is 26.0 Å². The number of benzene rings is 1. The van der Waals surface area contributed by atoms with E-state index in [1.165, 1.54) is 34.2 Å². The van der Waals surface area contributed by atoms with Crippen LogP contribution in [0.5, 0.6) is 0 Å². The van der Waals surface area contributed by atoms with E-state index in [9.17, 15) is 9.59 Å². The smallest absolute Gasteiger partial charge is 0.345 e. The summed E-state index contributed by atoms with van der Waals surface area (Å²) in [5.74, 6) is -0.649. The molecule has 2 aromatic rings. The molecule has 0 radical (unpaired) electrons. The van der Waals surface area contributed by atoms with Gasteiger partial charge in [-0.25, -0.2) is 4.79 Å². The Hall–Kier alpha value is -1.79. The topological polar surface area (TPSA) is 66.4 Å². The minimum atomic E-state index is -0.937. The van der Waals surface area contributed by atoms with Crippen LogP contribution in [-0.2, 0) is 11.3 Å². The Kier molecular flexibility index (Phi) is 5.63. The van der Waals surface area contributed by atoms with Crippen LogP contribution in [0.25, 0.3) is 0 Å². The van der Waals surface area contributed by atoms with Gasteiger partial charge in [0.1, 0.15) is 4.88 Å². The number of thioether (sulfide) groups is 1. The van der Waals surface area contributed by atoms with Gasteiger partial charge in [-0.1, -0.05) is 17.7 Å². The molecule has 4 nitrogen and oxygen atoms in total. The third kappa shape index (κ3) is 4.61. The van der Waals surface area contributed by atoms with Gasteiger partial charge in [0.05, 0.1) is 12.3 Å². The molecule has 2 N–H and O–H groups in total. The first kappa shape index (κ1) is 16.6. The van der Waals surface area contributed by atoms with Gasteiger partial charge in [0.2, 0.25) is 5.91 Å². The van der Waals surface area contributed by atoms with Crippen molar-refractivity contribution in [3.05, 3.63) is 51.2 Å². The van der Waals surface area contributed by atoms with Crippen LogP contribution in [0.4, 0.5) is 0 Å². The van der Waals surface area contributed by atoms with Crippen molar-refractivity contribution in [2.75, 3.05) is 5.75 Å². The highest BCUT2D eigenvalue weighted by molar-refractivity contribution is 8.00. The Morgan fingerprint density at radius 1 is 1.23 bits per heavy atom. The first-order valence-corrected chi connectivity index (χ1v) is 8.54. The van der Waals surface area contributed by atoms with Gasteiger partial charge in [-0.15, -0.1) is 23.1 Å². The van der Waals surface area contributed by atoms with E-state index >= 15 is 0 Å². The summed E-state index contributed by atoms with van der Waals surface area (Å²) in [6, 6.07) is 9.44. The second-order valence-electron chi connectivity index (χ2n) is 4.91. The van der Waals surface area contributed by atoms with Gasteiger partial charge in [0.15, 0.2) is 0 Å². The second kappa shape index (κ2) is 7.47. The maximum absolute atomic E-state index is 11.9. The van der Waals surface area contributed by atoms with Crippen LogP contribution >= 0.6 is 23.1 Å². The molecule has 1 aromatic heterocycles. The van der Waals surface area contributed by atoms with Crippen LogP contribution in [0, 0.1) is 13.8 Å². The minimum absolute atomic E-state index is 0.0600. The average Bonchev–Trinajstić information content (AvgIpc) is 2.93. The zero-order chi connectivity index (χ0) is 16.1. The van der Waals surface area contributed by atoms with E-state index in [2.05, 4.69) is 11.4 Å². The van der Waals surface area contributed by atoms with Crippen molar-refractivity contribution < 1.29 is 14.7 Å². The molecule has 0 unspecified atom stereocenters. The quantitative estimate of drug-likeness (QED) is 0.793. The number of carbonyl (C=O) groups is 2. The average molecular weight is 335 g/mol. The van der Waals surface area contributed by atoms with Crippen LogP contribution in [0.15, 0.2) is 35.2 Å². The first-order valence-electron chi connectivity index (χ1n) is 6.74. The summed E-state index contributed by atoms with van der Waals surface area (Å²) in [5.41, 5.74) is 2.38. The summed E-state index contributed by atoms with van der Waals surface area (Å²) in [7, 11) is 0. The highest BCUT2D eigenvalue weighted by Crippen LogP contribution is 2.23. The number of amides is 1. The van der Waals surface area contributed by atoms with E-state index in [-0.39, 0.29) is 10.8 Å². The number of carboxylic acid groups (broad SMARTS) is 1. The Morgan fingerprint density at radius 3 is 2.64 bits per heavy atom. The molecule has 0 saturated heterocycles. The predicted molar refractivity (Wildman–Crippen MR) is 89.8 cm³/mol. The van der Waals surface area contributed by atoms with E-state index in [0.717, 1.165) is 9.77 Å². The molecule has 116 valence electrons. The molecular weight excluding hydrogens is 318 g/mol. The van der Waals surface area contributed by atoms with E-state index in [4.69, 9.17) is 5.11 Å². The molecule has 0 bridgehead atoms. The zero-order valence-corrected chi connectivity index (χ0v) is 14.0. The lowest BCUT2D eigenvalue weighted by Gasteiger charge is -2.07. The van der Waals surface area contributed by atoms with Crippen LogP contribution in [0.3, 0.4) is 0 Å². The van der Waals surface area contributed by atoms with Crippen molar-refractivity contribution >= 4 is 35.0 Å². The highest BCUT2D eigenvalue weighted by Gasteiger charge is 2.09. The van der Waals surface area contributed by atoms with Crippen molar-refractivity contribution in [3.8, 4) is 0 Å². The number of nitrogens with one attached hydrogen (secondary N) is 1. The van der Waals surface area contributed by atoms with Gasteiger partial charge in [0, 0.05) is 9.77 Å². The Morgan fingerprint density at radius 2 is 2.00 bits per heavy atom. The molecule has 22 heavy (non-hydrogen) atoms. The molecule has 0 atom stereocenters. The molecule has 1 amide bonds. The maximum Gasteiger partial charge on any atom is 0.345 e. The largest absolute Gasteiger partial charge is 0.477 e. The number of carbonyl (C=O) groups excluding carboxylic acids is 1. The third-order valence-corrected chi connectivity index (χ3v) is 5.27. The van der Waals surface area contributed by atoms with Crippen molar-refractivity contribution in [2.45, 2.75) is 25.3 Å². The molecule has 0 aliphatic heterocycles. The number of thiophene rings is 1. The van der Waals surface area contributed by atoms with Crippen LogP contribution < -0.4 is 5.32 Å². The summed E-state index contributed by atoms with van der Waals surface area (Å²) >= 11 is 2.69. The number of hydrogen-bond donors (Lipinski definition) is 2. The zero-order valence-electron chi connectivity index (χ0n) is 12.4. The second-order valence-corrected chi connectivity index (χ2v) is 7.09. The number of carboxylic acids is 1. The number of aromatic carboxylic acids is 1. The van der Waals surface area contributed by atoms with Crippen molar-refractivity contribution in [2.24, 2.45) is 0 Å². The van der Waals surface area contributed by atoms with Crippen LogP contribution in [-0.4, -0.2) is 22.7 Å². The van der Waals surface area contributed by atoms with Crippen LogP contribution in [0.1, 0.15) is 25.7 Å². The van der Waals surface area contributed by atoms with Gasteiger partial charge in [-0.2, -0.15) is 0 Å². The SMILES string of the molecule is Cc1ccc(SCC(=O)NCc2ccc(C(=O)O)s2)c(C)c1. The predicted octanol–water partition coefficient (Wildman–Crippen LogP) is 3.47. The Balaban J connectivity index is 1.81. The van der Waals surface area contributed by atoms with Crippen molar-refractivity contribution in [3.63, 3.8) is 0 Å². The molecule has 6 heteroatoms. The number of hydrogen-bond acceptors (Lipinski definition) is 4. The van der Waals surface area contributed by atoms with Crippen LogP contribution in [0.2, 0.25) is 0 Å². The lowest BCUT2D eigenvalue weighted by atomic mass is 10.2. The highest BCUT2D eigenvalue weighted by atomic mass is 32.2. The molecule has 0 aliphatic rings. The fraction of sp³-hybridized carbons (Fsp3) is 0.250. The molecule has 2 rings (SSSR count). The van der Waals surface area contributed by atoms with E-state index in [0.29, 0.717) is 12.3 Å². The molecule has 1 aromatic carbocycles. The summed E-state index contributed by atoms with van der Waals surface area (Å²) < 4.78 is 0. The van der Waals surface area contributed by atoms with Gasteiger partial charge in [0.25, 0.3) is 0 Å². The fourth-order valence-electron chi connectivity index (χ4n) is 1.93. The first-order chi connectivity index (χ1) is 10.5. The standard InChI is InChI=1S/C16H17NO3S2/c1-10-3-5-13(11(2)7-10)21-9-15(18)17-8-12-4-6-14(22-12)16(19)20/h3-7H,8-9H2,1-2H3,(H,17,18)(H,19,20). The van der Waals surface area contributed by atoms with Gasteiger partial charge >= 0.3 is 5.97 Å². The lowest BCUT2D eigenvalue weighted by Crippen LogP contribution is -2.24. The lowest BCUT2D eigenvalue weighted by molar-refractivity contribution is -0.118. The monoisotopic (exact) mass is 335 g/mol. The van der Waals surface area contributed by atoms with E-state index in [1.54, 1.807) is 12.1 Å². The number of rotatable bonds is 6. The maximum atomic E-state index is 11.9. The third-order valence-electron chi connectivity index (χ3n) is 3.02. The molecule has 0 fully saturated rings. The van der Waals surface area contributed by atoms with Gasteiger partial charge in [-0.05, 0) is 37.6 Å². The fourth-order valence-corrected chi connectivity index (χ4v) is 3.55. The van der Waals surface area contributed by atoms with Gasteiger partial charge < -0.3 is 10.4 Å². The normalized spacial score (nSPS) is 10.5. The summed E-state index contributed by atoms with van der Waals surface area (Å²) in [6.07, 6.45) is 0. The molecule has 0 saturated carbocycles. The summed E-state index contributed by atoms with van der Waals surface area (Å²) in [5, 5.41) is 11.7. The Bertz CT molecular complexity index is 694. The molecule has 1 heterocycles. The molecule has 0 aliphatic carbocycles. The number of aryl methyl sites for hydroxylation is 2. The minimum Gasteiger partial charge on any atom is -0.477 e. The van der Waals surface area contributed by atoms with Crippen molar-refractivity contribution in [1.29, 1.82) is 0 Å². The molecule has 0 spiro atoms. The van der Waals surface area contributed by atoms with Crippen molar-refractivity contribution in [1.82, 2.24) is 5.32 Å². The van der Waals surface area contributed by atoms with E-state index < -0.39 is 5.97 Å². The summed E-state index contributed by atoms with van der Waals surface area (Å²) in [6.45, 7) is 4.44.